The normalized spacial score (nSPS) is 26.9. The van der Waals surface area contributed by atoms with Gasteiger partial charge in [-0.15, -0.1) is 0 Å². The monoisotopic (exact) mass is 202 g/mol. The number of benzene rings is 1. The average molecular weight is 202 g/mol. The van der Waals surface area contributed by atoms with E-state index in [0.29, 0.717) is 5.92 Å². The Morgan fingerprint density at radius 1 is 1.27 bits per heavy atom. The molecule has 1 unspecified atom stereocenters. The number of ether oxygens (including phenoxy) is 1. The predicted octanol–water partition coefficient (Wildman–Crippen LogP) is 3.90. The van der Waals surface area contributed by atoms with Gasteiger partial charge in [0, 0.05) is 11.1 Å². The molecule has 1 heterocycles. The summed E-state index contributed by atoms with van der Waals surface area (Å²) in [5, 5.41) is 0. The Hall–Kier alpha value is -1.24. The van der Waals surface area contributed by atoms with Gasteiger partial charge in [-0.05, 0) is 25.8 Å². The molecule has 0 saturated heterocycles. The number of hydrogen-bond acceptors (Lipinski definition) is 1. The molecular weight excluding hydrogens is 184 g/mol. The molecule has 0 bridgehead atoms. The molecule has 0 amide bonds. The Balaban J connectivity index is 2.55. The minimum atomic E-state index is -0.168. The quantitative estimate of drug-likeness (QED) is 0.671. The molecule has 1 heteroatoms. The number of para-hydroxylation sites is 1. The molecule has 0 N–H and O–H groups in total. The summed E-state index contributed by atoms with van der Waals surface area (Å²) in [4.78, 5) is 0. The predicted molar refractivity (Wildman–Crippen MR) is 64.0 cm³/mol. The van der Waals surface area contributed by atoms with Crippen LogP contribution in [0.1, 0.15) is 33.3 Å². The third kappa shape index (κ3) is 1.38. The molecule has 1 aromatic rings. The van der Waals surface area contributed by atoms with Crippen LogP contribution in [0, 0.1) is 5.92 Å². The van der Waals surface area contributed by atoms with E-state index in [4.69, 9.17) is 4.74 Å². The van der Waals surface area contributed by atoms with Crippen LogP contribution in [-0.2, 0) is 0 Å². The molecule has 2 rings (SSSR count). The molecular formula is C14H18O. The van der Waals surface area contributed by atoms with Crippen molar-refractivity contribution < 1.29 is 4.74 Å². The lowest BCUT2D eigenvalue weighted by molar-refractivity contribution is 0.115. The largest absolute Gasteiger partial charge is 0.482 e. The van der Waals surface area contributed by atoms with E-state index in [0.717, 1.165) is 5.75 Å². The molecule has 0 aromatic heterocycles. The minimum absolute atomic E-state index is 0.168. The van der Waals surface area contributed by atoms with Gasteiger partial charge in [-0.1, -0.05) is 38.1 Å². The van der Waals surface area contributed by atoms with Crippen molar-refractivity contribution in [2.75, 3.05) is 0 Å². The summed E-state index contributed by atoms with van der Waals surface area (Å²) in [6, 6.07) is 8.28. The zero-order valence-electron chi connectivity index (χ0n) is 9.87. The van der Waals surface area contributed by atoms with Crippen LogP contribution in [0.5, 0.6) is 5.75 Å². The Labute approximate surface area is 91.8 Å². The van der Waals surface area contributed by atoms with Crippen LogP contribution < -0.4 is 4.74 Å². The molecule has 0 spiro atoms. The third-order valence-electron chi connectivity index (χ3n) is 3.42. The number of hydrogen-bond donors (Lipinski definition) is 0. The summed E-state index contributed by atoms with van der Waals surface area (Å²) in [5.41, 5.74) is 2.39. The van der Waals surface area contributed by atoms with Crippen molar-refractivity contribution in [3.63, 3.8) is 0 Å². The highest BCUT2D eigenvalue weighted by Gasteiger charge is 2.41. The number of rotatable bonds is 1. The van der Waals surface area contributed by atoms with E-state index < -0.39 is 0 Å². The summed E-state index contributed by atoms with van der Waals surface area (Å²) in [6.45, 7) is 8.67. The lowest BCUT2D eigenvalue weighted by atomic mass is 9.83. The maximum atomic E-state index is 6.09. The van der Waals surface area contributed by atoms with Gasteiger partial charge >= 0.3 is 0 Å². The van der Waals surface area contributed by atoms with Gasteiger partial charge < -0.3 is 4.74 Å². The first kappa shape index (κ1) is 10.3. The first-order valence-corrected chi connectivity index (χ1v) is 5.54. The maximum absolute atomic E-state index is 6.09. The highest BCUT2D eigenvalue weighted by Crippen LogP contribution is 2.47. The van der Waals surface area contributed by atoms with Crippen molar-refractivity contribution in [3.05, 3.63) is 35.9 Å². The molecule has 1 aliphatic heterocycles. The van der Waals surface area contributed by atoms with Crippen LogP contribution in [0.25, 0.3) is 5.57 Å². The molecule has 0 fully saturated rings. The van der Waals surface area contributed by atoms with Gasteiger partial charge in [0.15, 0.2) is 0 Å². The van der Waals surface area contributed by atoms with Crippen LogP contribution in [0.3, 0.4) is 0 Å². The number of fused-ring (bicyclic) bond motifs is 1. The van der Waals surface area contributed by atoms with E-state index in [1.54, 1.807) is 0 Å². The molecule has 1 nitrogen and oxygen atoms in total. The van der Waals surface area contributed by atoms with Crippen LogP contribution >= 0.6 is 0 Å². The molecule has 0 aliphatic carbocycles. The summed E-state index contributed by atoms with van der Waals surface area (Å²) in [6.07, 6.45) is 2.17. The van der Waals surface area contributed by atoms with Gasteiger partial charge in [0.05, 0.1) is 0 Å². The lowest BCUT2D eigenvalue weighted by Gasteiger charge is -2.30. The fraction of sp³-hybridized carbons (Fsp3) is 0.429. The number of allylic oxidation sites excluding steroid dienone is 1. The maximum Gasteiger partial charge on any atom is 0.134 e. The van der Waals surface area contributed by atoms with Crippen molar-refractivity contribution in [3.8, 4) is 5.75 Å². The zero-order valence-corrected chi connectivity index (χ0v) is 9.87. The van der Waals surface area contributed by atoms with E-state index in [-0.39, 0.29) is 5.60 Å². The van der Waals surface area contributed by atoms with Gasteiger partial charge in [0.1, 0.15) is 11.4 Å². The highest BCUT2D eigenvalue weighted by atomic mass is 16.5. The molecule has 1 atom stereocenters. The zero-order chi connectivity index (χ0) is 11.1. The topological polar surface area (TPSA) is 9.23 Å². The fourth-order valence-electron chi connectivity index (χ4n) is 2.20. The van der Waals surface area contributed by atoms with Crippen molar-refractivity contribution in [1.82, 2.24) is 0 Å². The minimum Gasteiger partial charge on any atom is -0.482 e. The van der Waals surface area contributed by atoms with Crippen molar-refractivity contribution in [2.24, 2.45) is 5.92 Å². The standard InChI is InChI=1S/C14H18O/c1-5-12-11-8-6-7-9-13(11)15-14(12,4)10(2)3/h5-10H,1-4H3/b12-5-. The molecule has 0 saturated carbocycles. The average Bonchev–Trinajstić information content (AvgIpc) is 2.50. The molecule has 0 radical (unpaired) electrons. The summed E-state index contributed by atoms with van der Waals surface area (Å²) in [5.74, 6) is 1.48. The van der Waals surface area contributed by atoms with Crippen LogP contribution in [0.15, 0.2) is 30.3 Å². The SMILES string of the molecule is C/C=C1/c2ccccc2OC1(C)C(C)C. The van der Waals surface area contributed by atoms with E-state index in [1.165, 1.54) is 11.1 Å². The Kier molecular flexibility index (Phi) is 2.34. The summed E-state index contributed by atoms with van der Waals surface area (Å²) >= 11 is 0. The van der Waals surface area contributed by atoms with Gasteiger partial charge in [-0.25, -0.2) is 0 Å². The Morgan fingerprint density at radius 2 is 1.93 bits per heavy atom. The first-order chi connectivity index (χ1) is 7.09. The smallest absolute Gasteiger partial charge is 0.134 e. The Morgan fingerprint density at radius 3 is 2.53 bits per heavy atom. The van der Waals surface area contributed by atoms with Crippen LogP contribution in [-0.4, -0.2) is 5.60 Å². The fourth-order valence-corrected chi connectivity index (χ4v) is 2.20. The van der Waals surface area contributed by atoms with Gasteiger partial charge in [-0.3, -0.25) is 0 Å². The second kappa shape index (κ2) is 3.41. The molecule has 1 aromatic carbocycles. The van der Waals surface area contributed by atoms with Gasteiger partial charge in [-0.2, -0.15) is 0 Å². The van der Waals surface area contributed by atoms with E-state index in [9.17, 15) is 0 Å². The first-order valence-electron chi connectivity index (χ1n) is 5.54. The summed E-state index contributed by atoms with van der Waals surface area (Å²) in [7, 11) is 0. The van der Waals surface area contributed by atoms with E-state index in [1.807, 2.05) is 12.1 Å². The van der Waals surface area contributed by atoms with E-state index in [2.05, 4.69) is 45.9 Å². The second-order valence-electron chi connectivity index (χ2n) is 4.56. The summed E-state index contributed by atoms with van der Waals surface area (Å²) < 4.78 is 6.09. The van der Waals surface area contributed by atoms with Crippen LogP contribution in [0.2, 0.25) is 0 Å². The molecule has 80 valence electrons. The molecule has 1 aliphatic rings. The van der Waals surface area contributed by atoms with E-state index >= 15 is 0 Å². The third-order valence-corrected chi connectivity index (χ3v) is 3.42. The highest BCUT2D eigenvalue weighted by molar-refractivity contribution is 5.80. The van der Waals surface area contributed by atoms with Crippen LogP contribution in [0.4, 0.5) is 0 Å². The van der Waals surface area contributed by atoms with Crippen molar-refractivity contribution in [2.45, 2.75) is 33.3 Å². The lowest BCUT2D eigenvalue weighted by Crippen LogP contribution is -2.35. The van der Waals surface area contributed by atoms with Crippen molar-refractivity contribution in [1.29, 1.82) is 0 Å². The van der Waals surface area contributed by atoms with Gasteiger partial charge in [0.25, 0.3) is 0 Å². The molecule has 15 heavy (non-hydrogen) atoms. The Bertz CT molecular complexity index is 404. The van der Waals surface area contributed by atoms with Gasteiger partial charge in [0.2, 0.25) is 0 Å². The van der Waals surface area contributed by atoms with Crippen molar-refractivity contribution >= 4 is 5.57 Å². The second-order valence-corrected chi connectivity index (χ2v) is 4.56.